The van der Waals surface area contributed by atoms with Gasteiger partial charge in [-0.25, -0.2) is 0 Å². The maximum atomic E-state index is 10.1. The Bertz CT molecular complexity index is 122. The monoisotopic (exact) mass is 335 g/mol. The van der Waals surface area contributed by atoms with Crippen molar-refractivity contribution in [2.24, 2.45) is 0 Å². The van der Waals surface area contributed by atoms with E-state index in [4.69, 9.17) is 4.89 Å². The summed E-state index contributed by atoms with van der Waals surface area (Å²) in [4.78, 5) is 8.28. The van der Waals surface area contributed by atoms with Crippen molar-refractivity contribution in [3.8, 4) is 0 Å². The van der Waals surface area contributed by atoms with Crippen molar-refractivity contribution in [2.45, 2.75) is 45.4 Å². The Balaban J connectivity index is 0. The van der Waals surface area contributed by atoms with Crippen LogP contribution in [0, 0.1) is 40.8 Å². The smallest absolute Gasteiger partial charge is 0.133 e. The van der Waals surface area contributed by atoms with Crippen LogP contribution in [-0.4, -0.2) is 11.5 Å². The average Bonchev–Trinajstić information content (AvgIpc) is 2.02. The van der Waals surface area contributed by atoms with Crippen LogP contribution < -0.4 is 0 Å². The summed E-state index contributed by atoms with van der Waals surface area (Å²) < 4.78 is 14.6. The zero-order chi connectivity index (χ0) is 9.23. The second-order valence-electron chi connectivity index (χ2n) is 2.84. The van der Waals surface area contributed by atoms with E-state index in [2.05, 4.69) is 11.4 Å². The van der Waals surface area contributed by atoms with Gasteiger partial charge in [-0.1, -0.05) is 39.0 Å². The molecule has 0 bridgehead atoms. The van der Waals surface area contributed by atoms with E-state index in [9.17, 15) is 4.57 Å². The van der Waals surface area contributed by atoms with E-state index in [-0.39, 0.29) is 40.8 Å². The van der Waals surface area contributed by atoms with Crippen LogP contribution in [0.15, 0.2) is 0 Å². The Kier molecular flexibility index (Phi) is 17.3. The van der Waals surface area contributed by atoms with Crippen LogP contribution in [0.1, 0.15) is 45.4 Å². The van der Waals surface area contributed by atoms with Gasteiger partial charge in [0.15, 0.2) is 0 Å². The van der Waals surface area contributed by atoms with Crippen LogP contribution >= 0.6 is 8.25 Å². The van der Waals surface area contributed by atoms with E-state index in [1.807, 2.05) is 0 Å². The summed E-state index contributed by atoms with van der Waals surface area (Å²) in [6.07, 6.45) is 7.00. The SMILES string of the molecule is CCCCCCCCO[P+](=O)O.[Nd]. The zero-order valence-electron chi connectivity index (χ0n) is 8.16. The quantitative estimate of drug-likeness (QED) is 0.547. The minimum absolute atomic E-state index is 0. The molecule has 0 aromatic rings. The molecule has 0 spiro atoms. The predicted octanol–water partition coefficient (Wildman–Crippen LogP) is 3.01. The van der Waals surface area contributed by atoms with Gasteiger partial charge in [-0.2, -0.15) is 0 Å². The summed E-state index contributed by atoms with van der Waals surface area (Å²) in [6, 6.07) is 0. The van der Waals surface area contributed by atoms with Gasteiger partial charge in [0.1, 0.15) is 6.61 Å². The summed E-state index contributed by atoms with van der Waals surface area (Å²) in [6.45, 7) is 2.59. The molecule has 0 aromatic carbocycles. The van der Waals surface area contributed by atoms with Crippen LogP contribution in [0.25, 0.3) is 0 Å². The molecule has 0 amide bonds. The van der Waals surface area contributed by atoms with E-state index in [0.717, 1.165) is 12.8 Å². The molecular formula is C8H18NdO3P+. The van der Waals surface area contributed by atoms with Gasteiger partial charge >= 0.3 is 8.25 Å². The molecule has 0 aliphatic carbocycles. The molecular weight excluding hydrogens is 319 g/mol. The first-order valence-electron chi connectivity index (χ1n) is 4.56. The normalized spacial score (nSPS) is 10.8. The van der Waals surface area contributed by atoms with Crippen LogP contribution in [0.4, 0.5) is 0 Å². The minimum atomic E-state index is -2.38. The molecule has 0 aliphatic heterocycles. The van der Waals surface area contributed by atoms with Gasteiger partial charge < -0.3 is 0 Å². The van der Waals surface area contributed by atoms with Crippen molar-refractivity contribution in [1.82, 2.24) is 0 Å². The Hall–Kier alpha value is 1.37. The summed E-state index contributed by atoms with van der Waals surface area (Å²) in [5.74, 6) is 0. The number of hydrogen-bond donors (Lipinski definition) is 1. The van der Waals surface area contributed by atoms with Gasteiger partial charge in [0, 0.05) is 45.4 Å². The molecule has 76 valence electrons. The molecule has 0 rings (SSSR count). The molecule has 3 nitrogen and oxygen atoms in total. The maximum absolute atomic E-state index is 10.1. The summed E-state index contributed by atoms with van der Waals surface area (Å²) >= 11 is 0. The molecule has 1 unspecified atom stereocenters. The molecule has 0 aliphatic rings. The van der Waals surface area contributed by atoms with Gasteiger partial charge in [0.25, 0.3) is 0 Å². The minimum Gasteiger partial charge on any atom is -0.133 e. The largest absolute Gasteiger partial charge is 0.694 e. The number of rotatable bonds is 8. The standard InChI is InChI=1S/C8H17O3P.Nd/c1-2-3-4-5-6-7-8-11-12(9)10;/h2-8H2,1H3;/p+1. The molecule has 1 atom stereocenters. The molecule has 0 radical (unpaired) electrons. The third-order valence-electron chi connectivity index (χ3n) is 1.70. The van der Waals surface area contributed by atoms with Crippen molar-refractivity contribution >= 4 is 8.25 Å². The van der Waals surface area contributed by atoms with Crippen molar-refractivity contribution in [3.63, 3.8) is 0 Å². The summed E-state index contributed by atoms with van der Waals surface area (Å²) in [7, 11) is -2.38. The first-order chi connectivity index (χ1) is 5.77. The zero-order valence-corrected chi connectivity index (χ0v) is 12.3. The predicted molar refractivity (Wildman–Crippen MR) is 49.2 cm³/mol. The maximum Gasteiger partial charge on any atom is 0.694 e. The molecule has 0 saturated carbocycles. The van der Waals surface area contributed by atoms with Crippen molar-refractivity contribution in [1.29, 1.82) is 0 Å². The Morgan fingerprint density at radius 3 is 2.23 bits per heavy atom. The van der Waals surface area contributed by atoms with Crippen LogP contribution in [0.5, 0.6) is 0 Å². The molecule has 1 N–H and O–H groups in total. The Labute approximate surface area is 114 Å². The summed E-state index contributed by atoms with van der Waals surface area (Å²) in [5, 5.41) is 0. The van der Waals surface area contributed by atoms with E-state index >= 15 is 0 Å². The van der Waals surface area contributed by atoms with Gasteiger partial charge in [0.05, 0.1) is 0 Å². The molecule has 5 heteroatoms. The second kappa shape index (κ2) is 13.4. The van der Waals surface area contributed by atoms with E-state index in [0.29, 0.717) is 6.61 Å². The van der Waals surface area contributed by atoms with Crippen molar-refractivity contribution < 1.29 is 54.8 Å². The van der Waals surface area contributed by atoms with Crippen LogP contribution in [0.2, 0.25) is 0 Å². The number of unbranched alkanes of at least 4 members (excludes halogenated alkanes) is 5. The second-order valence-corrected chi connectivity index (χ2v) is 3.57. The van der Waals surface area contributed by atoms with Crippen LogP contribution in [0.3, 0.4) is 0 Å². The summed E-state index contributed by atoms with van der Waals surface area (Å²) in [5.41, 5.74) is 0. The fraction of sp³-hybridized carbons (Fsp3) is 1.00. The Morgan fingerprint density at radius 2 is 1.69 bits per heavy atom. The Morgan fingerprint density at radius 1 is 1.15 bits per heavy atom. The number of hydrogen-bond acceptors (Lipinski definition) is 2. The van der Waals surface area contributed by atoms with E-state index < -0.39 is 8.25 Å². The molecule has 0 heterocycles. The van der Waals surface area contributed by atoms with Crippen molar-refractivity contribution in [3.05, 3.63) is 0 Å². The van der Waals surface area contributed by atoms with Crippen LogP contribution in [-0.2, 0) is 9.09 Å². The third-order valence-corrected chi connectivity index (χ3v) is 2.10. The van der Waals surface area contributed by atoms with Gasteiger partial charge in [-0.3, -0.25) is 0 Å². The molecule has 13 heavy (non-hydrogen) atoms. The fourth-order valence-electron chi connectivity index (χ4n) is 1.03. The topological polar surface area (TPSA) is 46.5 Å². The first-order valence-corrected chi connectivity index (χ1v) is 5.69. The van der Waals surface area contributed by atoms with Crippen molar-refractivity contribution in [2.75, 3.05) is 6.61 Å². The molecule has 0 aromatic heterocycles. The van der Waals surface area contributed by atoms with E-state index in [1.54, 1.807) is 0 Å². The first kappa shape index (κ1) is 16.8. The van der Waals surface area contributed by atoms with E-state index in [1.165, 1.54) is 25.7 Å². The average molecular weight is 337 g/mol. The van der Waals surface area contributed by atoms with Gasteiger partial charge in [0.2, 0.25) is 0 Å². The van der Waals surface area contributed by atoms with Gasteiger partial charge in [-0.05, 0) is 6.42 Å². The third kappa shape index (κ3) is 16.1. The fourth-order valence-corrected chi connectivity index (χ4v) is 1.31. The molecule has 0 fully saturated rings. The molecule has 0 saturated heterocycles. The van der Waals surface area contributed by atoms with Gasteiger partial charge in [-0.15, -0.1) is 9.42 Å².